The second-order valence-corrected chi connectivity index (χ2v) is 2.83. The van der Waals surface area contributed by atoms with Gasteiger partial charge in [0.25, 0.3) is 0 Å². The van der Waals surface area contributed by atoms with Crippen LogP contribution < -0.4 is 4.74 Å². The molecular weight excluding hydrogens is 174 g/mol. The summed E-state index contributed by atoms with van der Waals surface area (Å²) >= 11 is 0. The Morgan fingerprint density at radius 2 is 2.07 bits per heavy atom. The lowest BCUT2D eigenvalue weighted by Crippen LogP contribution is -1.88. The molecule has 0 fully saturated rings. The molecule has 1 aromatic carbocycles. The Labute approximate surface area is 83.2 Å². The van der Waals surface area contributed by atoms with Crippen molar-refractivity contribution in [1.82, 2.24) is 4.98 Å². The summed E-state index contributed by atoms with van der Waals surface area (Å²) in [6.45, 7) is 0. The van der Waals surface area contributed by atoms with Gasteiger partial charge in [-0.15, -0.1) is 0 Å². The van der Waals surface area contributed by atoms with Crippen LogP contribution >= 0.6 is 0 Å². The molecule has 2 aromatic rings. The van der Waals surface area contributed by atoms with Gasteiger partial charge in [0.05, 0.1) is 12.8 Å². The van der Waals surface area contributed by atoms with E-state index in [2.05, 4.69) is 11.1 Å². The van der Waals surface area contributed by atoms with Crippen molar-refractivity contribution >= 4 is 0 Å². The van der Waals surface area contributed by atoms with Crippen LogP contribution in [0.1, 0.15) is 0 Å². The van der Waals surface area contributed by atoms with Gasteiger partial charge in [0.15, 0.2) is 0 Å². The van der Waals surface area contributed by atoms with Crippen LogP contribution in [0.4, 0.5) is 0 Å². The van der Waals surface area contributed by atoms with E-state index in [4.69, 9.17) is 4.74 Å². The molecule has 69 valence electrons. The summed E-state index contributed by atoms with van der Waals surface area (Å²) in [5.41, 5.74) is 1.78. The number of hydrogen-bond donors (Lipinski definition) is 0. The predicted molar refractivity (Wildman–Crippen MR) is 55.1 cm³/mol. The lowest BCUT2D eigenvalue weighted by molar-refractivity contribution is 0.416. The van der Waals surface area contributed by atoms with Crippen LogP contribution in [0.25, 0.3) is 11.3 Å². The van der Waals surface area contributed by atoms with E-state index in [0.29, 0.717) is 0 Å². The van der Waals surface area contributed by atoms with Gasteiger partial charge in [-0.05, 0) is 18.2 Å². The summed E-state index contributed by atoms with van der Waals surface area (Å²) in [4.78, 5) is 4.22. The molecule has 0 amide bonds. The first-order chi connectivity index (χ1) is 6.92. The summed E-state index contributed by atoms with van der Waals surface area (Å²) in [5, 5.41) is 0. The van der Waals surface area contributed by atoms with Gasteiger partial charge in [-0.3, -0.25) is 4.98 Å². The third-order valence-corrected chi connectivity index (χ3v) is 1.97. The minimum atomic E-state index is 0.810. The van der Waals surface area contributed by atoms with Crippen LogP contribution in [0, 0.1) is 6.07 Å². The molecule has 0 unspecified atom stereocenters. The molecule has 0 N–H and O–H groups in total. The van der Waals surface area contributed by atoms with Crippen molar-refractivity contribution in [2.75, 3.05) is 7.11 Å². The minimum Gasteiger partial charge on any atom is -0.496 e. The Morgan fingerprint density at radius 3 is 2.79 bits per heavy atom. The quantitative estimate of drug-likeness (QED) is 0.715. The molecule has 0 bridgehead atoms. The van der Waals surface area contributed by atoms with Crippen LogP contribution in [-0.2, 0) is 0 Å². The molecule has 0 aliphatic heterocycles. The van der Waals surface area contributed by atoms with Gasteiger partial charge < -0.3 is 4.74 Å². The van der Waals surface area contributed by atoms with Gasteiger partial charge in [0.1, 0.15) is 5.75 Å². The van der Waals surface area contributed by atoms with Gasteiger partial charge in [-0.2, -0.15) is 0 Å². The highest BCUT2D eigenvalue weighted by Gasteiger charge is 2.04. The van der Waals surface area contributed by atoms with E-state index in [9.17, 15) is 0 Å². The van der Waals surface area contributed by atoms with E-state index < -0.39 is 0 Å². The van der Waals surface area contributed by atoms with E-state index >= 15 is 0 Å². The third kappa shape index (κ3) is 1.59. The second-order valence-electron chi connectivity index (χ2n) is 2.83. The summed E-state index contributed by atoms with van der Waals surface area (Å²) < 4.78 is 5.24. The number of nitrogens with zero attached hydrogens (tertiary/aromatic N) is 1. The minimum absolute atomic E-state index is 0.810. The van der Waals surface area contributed by atoms with Crippen molar-refractivity contribution < 1.29 is 4.74 Å². The number of para-hydroxylation sites is 1. The number of hydrogen-bond acceptors (Lipinski definition) is 2. The lowest BCUT2D eigenvalue weighted by atomic mass is 10.1. The second kappa shape index (κ2) is 3.92. The molecule has 0 saturated carbocycles. The van der Waals surface area contributed by atoms with E-state index in [-0.39, 0.29) is 0 Å². The van der Waals surface area contributed by atoms with Crippen LogP contribution in [0.3, 0.4) is 0 Å². The normalized spacial score (nSPS) is 9.79. The first-order valence-corrected chi connectivity index (χ1v) is 4.38. The zero-order valence-electron chi connectivity index (χ0n) is 7.90. The number of rotatable bonds is 2. The SMILES string of the molecule is COc1ccccc1-c1[c]cccn1. The third-order valence-electron chi connectivity index (χ3n) is 1.97. The lowest BCUT2D eigenvalue weighted by Gasteiger charge is -2.06. The van der Waals surface area contributed by atoms with Crippen molar-refractivity contribution in [2.45, 2.75) is 0 Å². The maximum Gasteiger partial charge on any atom is 0.128 e. The Bertz CT molecular complexity index is 412. The highest BCUT2D eigenvalue weighted by Crippen LogP contribution is 2.26. The molecule has 0 aliphatic carbocycles. The van der Waals surface area contributed by atoms with Crippen LogP contribution in [0.15, 0.2) is 42.6 Å². The first-order valence-electron chi connectivity index (χ1n) is 4.38. The van der Waals surface area contributed by atoms with E-state index in [0.717, 1.165) is 17.0 Å². The highest BCUT2D eigenvalue weighted by atomic mass is 16.5. The highest BCUT2D eigenvalue weighted by molar-refractivity contribution is 5.66. The molecule has 1 radical (unpaired) electrons. The van der Waals surface area contributed by atoms with Crippen LogP contribution in [0.2, 0.25) is 0 Å². The maximum absolute atomic E-state index is 5.24. The summed E-state index contributed by atoms with van der Waals surface area (Å²) in [6.07, 6.45) is 1.75. The fraction of sp³-hybridized carbons (Fsp3) is 0.0833. The smallest absolute Gasteiger partial charge is 0.128 e. The monoisotopic (exact) mass is 184 g/mol. The molecule has 2 rings (SSSR count). The number of aromatic nitrogens is 1. The van der Waals surface area contributed by atoms with Crippen LogP contribution in [0.5, 0.6) is 5.75 Å². The molecule has 1 aromatic heterocycles. The molecule has 0 atom stereocenters. The number of benzene rings is 1. The fourth-order valence-electron chi connectivity index (χ4n) is 1.31. The number of ether oxygens (including phenoxy) is 1. The first kappa shape index (κ1) is 8.75. The summed E-state index contributed by atoms with van der Waals surface area (Å²) in [6, 6.07) is 14.5. The predicted octanol–water partition coefficient (Wildman–Crippen LogP) is 2.56. The number of methoxy groups -OCH3 is 1. The summed E-state index contributed by atoms with van der Waals surface area (Å²) in [5.74, 6) is 0.822. The van der Waals surface area contributed by atoms with E-state index in [1.165, 1.54) is 0 Å². The largest absolute Gasteiger partial charge is 0.496 e. The van der Waals surface area contributed by atoms with Crippen molar-refractivity contribution in [3.05, 3.63) is 48.7 Å². The molecule has 0 saturated heterocycles. The molecule has 14 heavy (non-hydrogen) atoms. The topological polar surface area (TPSA) is 22.1 Å². The Kier molecular flexibility index (Phi) is 2.45. The maximum atomic E-state index is 5.24. The number of pyridine rings is 1. The fourth-order valence-corrected chi connectivity index (χ4v) is 1.31. The summed E-state index contributed by atoms with van der Waals surface area (Å²) in [7, 11) is 1.65. The van der Waals surface area contributed by atoms with Crippen molar-refractivity contribution in [1.29, 1.82) is 0 Å². The molecule has 2 nitrogen and oxygen atoms in total. The average Bonchev–Trinajstić information content (AvgIpc) is 2.30. The van der Waals surface area contributed by atoms with Gasteiger partial charge in [0, 0.05) is 17.8 Å². The van der Waals surface area contributed by atoms with E-state index in [1.807, 2.05) is 36.4 Å². The average molecular weight is 184 g/mol. The van der Waals surface area contributed by atoms with Crippen molar-refractivity contribution in [3.63, 3.8) is 0 Å². The molecule has 1 heterocycles. The molecule has 0 aliphatic rings. The van der Waals surface area contributed by atoms with Crippen molar-refractivity contribution in [3.8, 4) is 17.0 Å². The van der Waals surface area contributed by atoms with Gasteiger partial charge in [0.2, 0.25) is 0 Å². The Balaban J connectivity index is 2.51. The zero-order chi connectivity index (χ0) is 9.80. The Morgan fingerprint density at radius 1 is 1.21 bits per heavy atom. The van der Waals surface area contributed by atoms with Crippen LogP contribution in [-0.4, -0.2) is 12.1 Å². The molecule has 0 spiro atoms. The van der Waals surface area contributed by atoms with E-state index in [1.54, 1.807) is 13.3 Å². The molecule has 2 heteroatoms. The van der Waals surface area contributed by atoms with Gasteiger partial charge in [-0.25, -0.2) is 0 Å². The van der Waals surface area contributed by atoms with Gasteiger partial charge >= 0.3 is 0 Å². The molecular formula is C12H10NO. The standard InChI is InChI=1S/C12H10NO/c1-14-12-8-3-2-6-10(12)11-7-4-5-9-13-11/h2-6,8-9H,1H3. The Hall–Kier alpha value is -1.83. The zero-order valence-corrected chi connectivity index (χ0v) is 7.90. The van der Waals surface area contributed by atoms with Crippen molar-refractivity contribution in [2.24, 2.45) is 0 Å². The van der Waals surface area contributed by atoms with Gasteiger partial charge in [-0.1, -0.05) is 18.2 Å².